The van der Waals surface area contributed by atoms with Gasteiger partial charge in [-0.1, -0.05) is 13.8 Å². The lowest BCUT2D eigenvalue weighted by Crippen LogP contribution is -2.18. The Morgan fingerprint density at radius 2 is 1.19 bits per heavy atom. The lowest BCUT2D eigenvalue weighted by molar-refractivity contribution is -0.155. The largest absolute Gasteiger partial charge is 0.463 e. The molecule has 0 N–H and O–H groups in total. The summed E-state index contributed by atoms with van der Waals surface area (Å²) in [7, 11) is 0. The fourth-order valence-electron chi connectivity index (χ4n) is 0.937. The van der Waals surface area contributed by atoms with E-state index in [9.17, 15) is 9.59 Å². The van der Waals surface area contributed by atoms with Crippen LogP contribution in [-0.2, 0) is 19.1 Å². The van der Waals surface area contributed by atoms with Crippen molar-refractivity contribution in [1.82, 2.24) is 0 Å². The summed E-state index contributed by atoms with van der Waals surface area (Å²) in [5.41, 5.74) is 0. The van der Waals surface area contributed by atoms with Gasteiger partial charge < -0.3 is 9.47 Å². The van der Waals surface area contributed by atoms with Gasteiger partial charge in [0.1, 0.15) is 0 Å². The van der Waals surface area contributed by atoms with Crippen LogP contribution in [0.2, 0.25) is 0 Å². The maximum Gasteiger partial charge on any atom is 0.306 e. The number of carbonyl (C=O) groups is 2. The molecule has 0 aliphatic carbocycles. The summed E-state index contributed by atoms with van der Waals surface area (Å²) >= 11 is 0. The van der Waals surface area contributed by atoms with Crippen molar-refractivity contribution in [2.75, 3.05) is 0 Å². The van der Waals surface area contributed by atoms with E-state index in [4.69, 9.17) is 9.47 Å². The Labute approximate surface area is 97.3 Å². The van der Waals surface area contributed by atoms with Gasteiger partial charge in [0.05, 0.1) is 25.0 Å². The number of hydrogen-bond donors (Lipinski definition) is 0. The molecule has 0 aliphatic rings. The van der Waals surface area contributed by atoms with Crippen LogP contribution < -0.4 is 0 Å². The number of carbonyl (C=O) groups excluding carboxylic acids is 2. The van der Waals surface area contributed by atoms with Crippen molar-refractivity contribution in [1.29, 1.82) is 0 Å². The molecular weight excluding hydrogens is 208 g/mol. The van der Waals surface area contributed by atoms with E-state index in [-0.39, 0.29) is 37.0 Å². The van der Waals surface area contributed by atoms with E-state index in [0.29, 0.717) is 0 Å². The monoisotopic (exact) mass is 230 g/mol. The van der Waals surface area contributed by atoms with Crippen molar-refractivity contribution in [3.05, 3.63) is 0 Å². The molecule has 0 rings (SSSR count). The highest BCUT2D eigenvalue weighted by Gasteiger charge is 2.13. The second-order valence-corrected chi connectivity index (χ2v) is 3.92. The predicted octanol–water partition coefficient (Wildman–Crippen LogP) is 2.45. The molecular formula is C12H22O4. The third-order valence-electron chi connectivity index (χ3n) is 2.35. The number of ether oxygens (including phenoxy) is 2. The lowest BCUT2D eigenvalue weighted by atomic mass is 10.3. The van der Waals surface area contributed by atoms with Gasteiger partial charge in [0, 0.05) is 0 Å². The minimum atomic E-state index is -0.338. The van der Waals surface area contributed by atoms with Crippen molar-refractivity contribution in [3.8, 4) is 0 Å². The molecule has 0 unspecified atom stereocenters. The standard InChI is InChI=1S/C12H22O4/c1-5-9(3)15-11(13)7-8-12(14)16-10(4)6-2/h9-10H,5-8H2,1-4H3/t9-,10-/m1/s1. The van der Waals surface area contributed by atoms with Crippen LogP contribution in [0.3, 0.4) is 0 Å². The van der Waals surface area contributed by atoms with Crippen LogP contribution in [0.4, 0.5) is 0 Å². The molecule has 0 radical (unpaired) electrons. The molecule has 0 aromatic carbocycles. The van der Waals surface area contributed by atoms with Gasteiger partial charge in [0.2, 0.25) is 0 Å². The highest BCUT2D eigenvalue weighted by molar-refractivity contribution is 5.77. The molecule has 0 bridgehead atoms. The second-order valence-electron chi connectivity index (χ2n) is 3.92. The maximum absolute atomic E-state index is 11.2. The minimum Gasteiger partial charge on any atom is -0.463 e. The molecule has 4 heteroatoms. The van der Waals surface area contributed by atoms with E-state index < -0.39 is 0 Å². The first-order valence-electron chi connectivity index (χ1n) is 5.88. The van der Waals surface area contributed by atoms with Gasteiger partial charge >= 0.3 is 11.9 Å². The first kappa shape index (κ1) is 14.9. The summed E-state index contributed by atoms with van der Waals surface area (Å²) < 4.78 is 10.1. The molecule has 2 atom stereocenters. The summed E-state index contributed by atoms with van der Waals surface area (Å²) in [6.07, 6.45) is 1.59. The Kier molecular flexibility index (Phi) is 7.60. The Morgan fingerprint density at radius 1 is 0.875 bits per heavy atom. The van der Waals surface area contributed by atoms with Crippen molar-refractivity contribution in [2.45, 2.75) is 65.6 Å². The lowest BCUT2D eigenvalue weighted by Gasteiger charge is -2.12. The van der Waals surface area contributed by atoms with Crippen LogP contribution >= 0.6 is 0 Å². The van der Waals surface area contributed by atoms with Gasteiger partial charge in [-0.2, -0.15) is 0 Å². The Balaban J connectivity index is 3.71. The van der Waals surface area contributed by atoms with Crippen LogP contribution in [0, 0.1) is 0 Å². The van der Waals surface area contributed by atoms with E-state index in [1.807, 2.05) is 27.7 Å². The maximum atomic E-state index is 11.2. The van der Waals surface area contributed by atoms with Gasteiger partial charge in [-0.05, 0) is 26.7 Å². The van der Waals surface area contributed by atoms with Crippen molar-refractivity contribution >= 4 is 11.9 Å². The quantitative estimate of drug-likeness (QED) is 0.630. The Hall–Kier alpha value is -1.06. The first-order chi connectivity index (χ1) is 7.49. The molecule has 0 aliphatic heterocycles. The highest BCUT2D eigenvalue weighted by atomic mass is 16.5. The van der Waals surface area contributed by atoms with Gasteiger partial charge in [-0.15, -0.1) is 0 Å². The summed E-state index contributed by atoms with van der Waals surface area (Å²) in [6.45, 7) is 7.54. The van der Waals surface area contributed by atoms with Crippen LogP contribution in [0.15, 0.2) is 0 Å². The molecule has 16 heavy (non-hydrogen) atoms. The zero-order valence-corrected chi connectivity index (χ0v) is 10.6. The van der Waals surface area contributed by atoms with Crippen LogP contribution in [-0.4, -0.2) is 24.1 Å². The number of hydrogen-bond acceptors (Lipinski definition) is 4. The third-order valence-corrected chi connectivity index (χ3v) is 2.35. The van der Waals surface area contributed by atoms with Gasteiger partial charge in [-0.3, -0.25) is 9.59 Å². The molecule has 94 valence electrons. The third kappa shape index (κ3) is 7.26. The highest BCUT2D eigenvalue weighted by Crippen LogP contribution is 2.04. The summed E-state index contributed by atoms with van der Waals surface area (Å²) in [6, 6.07) is 0. The van der Waals surface area contributed by atoms with E-state index in [0.717, 1.165) is 12.8 Å². The molecule has 4 nitrogen and oxygen atoms in total. The number of rotatable bonds is 7. The Morgan fingerprint density at radius 3 is 1.44 bits per heavy atom. The second kappa shape index (κ2) is 8.13. The summed E-state index contributed by atoms with van der Waals surface area (Å²) in [5, 5.41) is 0. The van der Waals surface area contributed by atoms with E-state index in [1.165, 1.54) is 0 Å². The predicted molar refractivity (Wildman–Crippen MR) is 60.9 cm³/mol. The van der Waals surface area contributed by atoms with Crippen LogP contribution in [0.1, 0.15) is 53.4 Å². The van der Waals surface area contributed by atoms with E-state index >= 15 is 0 Å². The topological polar surface area (TPSA) is 52.6 Å². The van der Waals surface area contributed by atoms with Crippen molar-refractivity contribution in [3.63, 3.8) is 0 Å². The van der Waals surface area contributed by atoms with Crippen LogP contribution in [0.25, 0.3) is 0 Å². The zero-order valence-electron chi connectivity index (χ0n) is 10.6. The van der Waals surface area contributed by atoms with Crippen molar-refractivity contribution in [2.24, 2.45) is 0 Å². The van der Waals surface area contributed by atoms with Gasteiger partial charge in [0.15, 0.2) is 0 Å². The molecule has 0 aromatic rings. The Bertz CT molecular complexity index is 201. The zero-order chi connectivity index (χ0) is 12.6. The molecule has 0 saturated carbocycles. The fourth-order valence-corrected chi connectivity index (χ4v) is 0.937. The molecule has 0 fully saturated rings. The minimum absolute atomic E-state index is 0.0851. The summed E-state index contributed by atoms with van der Waals surface area (Å²) in [4.78, 5) is 22.5. The van der Waals surface area contributed by atoms with Gasteiger partial charge in [-0.25, -0.2) is 0 Å². The summed E-state index contributed by atoms with van der Waals surface area (Å²) in [5.74, 6) is -0.675. The van der Waals surface area contributed by atoms with E-state index in [1.54, 1.807) is 0 Å². The molecule has 0 aromatic heterocycles. The average Bonchev–Trinajstić information content (AvgIpc) is 2.26. The fraction of sp³-hybridized carbons (Fsp3) is 0.833. The molecule has 0 amide bonds. The number of esters is 2. The normalized spacial score (nSPS) is 14.0. The molecule has 0 spiro atoms. The van der Waals surface area contributed by atoms with E-state index in [2.05, 4.69) is 0 Å². The van der Waals surface area contributed by atoms with Crippen LogP contribution in [0.5, 0.6) is 0 Å². The molecule has 0 saturated heterocycles. The molecule has 0 heterocycles. The van der Waals surface area contributed by atoms with Crippen molar-refractivity contribution < 1.29 is 19.1 Å². The first-order valence-corrected chi connectivity index (χ1v) is 5.88. The average molecular weight is 230 g/mol. The van der Waals surface area contributed by atoms with Gasteiger partial charge in [0.25, 0.3) is 0 Å². The SMILES string of the molecule is CC[C@@H](C)OC(=O)CCC(=O)O[C@H](C)CC. The smallest absolute Gasteiger partial charge is 0.306 e.